The number of carboxylic acids is 1. The van der Waals surface area contributed by atoms with E-state index >= 15 is 0 Å². The standard InChI is InChI=1S/C8H8O3.K.H/c1-11-7-5-3-2-4-6(7)8(9)10;;/h2-5H,1H3,(H,9,10);;/q;+1;-1. The number of ether oxygens (including phenoxy) is 1. The van der Waals surface area contributed by atoms with Gasteiger partial charge in [0.05, 0.1) is 7.11 Å². The van der Waals surface area contributed by atoms with Crippen LogP contribution in [0.15, 0.2) is 24.3 Å². The van der Waals surface area contributed by atoms with Crippen LogP contribution in [-0.2, 0) is 0 Å². The molecule has 0 fully saturated rings. The van der Waals surface area contributed by atoms with Crippen molar-refractivity contribution in [2.45, 2.75) is 0 Å². The molecule has 0 bridgehead atoms. The number of para-hydroxylation sites is 1. The van der Waals surface area contributed by atoms with Crippen LogP contribution < -0.4 is 56.1 Å². The maximum Gasteiger partial charge on any atom is 1.00 e. The van der Waals surface area contributed by atoms with Gasteiger partial charge in [-0.25, -0.2) is 4.79 Å². The molecule has 0 saturated carbocycles. The zero-order valence-electron chi connectivity index (χ0n) is 8.07. The Morgan fingerprint density at radius 1 is 1.50 bits per heavy atom. The molecular formula is C8H9KO3. The summed E-state index contributed by atoms with van der Waals surface area (Å²) in [4.78, 5) is 10.5. The van der Waals surface area contributed by atoms with E-state index in [4.69, 9.17) is 9.84 Å². The van der Waals surface area contributed by atoms with Gasteiger partial charge in [-0.15, -0.1) is 0 Å². The topological polar surface area (TPSA) is 46.5 Å². The molecule has 0 aliphatic carbocycles. The Labute approximate surface area is 115 Å². The number of benzene rings is 1. The molecule has 0 spiro atoms. The van der Waals surface area contributed by atoms with Gasteiger partial charge in [0.1, 0.15) is 11.3 Å². The monoisotopic (exact) mass is 192 g/mol. The first-order chi connectivity index (χ1) is 5.25. The Hall–Kier alpha value is 0.126. The molecule has 1 aromatic rings. The summed E-state index contributed by atoms with van der Waals surface area (Å²) in [5.41, 5.74) is 0.190. The van der Waals surface area contributed by atoms with Crippen molar-refractivity contribution in [2.75, 3.05) is 7.11 Å². The number of hydrogen-bond acceptors (Lipinski definition) is 2. The summed E-state index contributed by atoms with van der Waals surface area (Å²) >= 11 is 0. The van der Waals surface area contributed by atoms with Crippen LogP contribution in [0.1, 0.15) is 11.8 Å². The molecule has 0 saturated heterocycles. The molecule has 4 heteroatoms. The minimum atomic E-state index is -0.970. The Balaban J connectivity index is 0. The van der Waals surface area contributed by atoms with Crippen LogP contribution in [0.4, 0.5) is 0 Å². The summed E-state index contributed by atoms with van der Waals surface area (Å²) in [6.45, 7) is 0. The zero-order valence-corrected chi connectivity index (χ0v) is 10.2. The third-order valence-corrected chi connectivity index (χ3v) is 1.34. The largest absolute Gasteiger partial charge is 1.00 e. The molecule has 1 N–H and O–H groups in total. The number of carboxylic acid groups (broad SMARTS) is 1. The molecule has 0 aromatic heterocycles. The summed E-state index contributed by atoms with van der Waals surface area (Å²) < 4.78 is 4.83. The zero-order chi connectivity index (χ0) is 8.27. The number of rotatable bonds is 2. The first kappa shape index (κ1) is 12.1. The minimum absolute atomic E-state index is 0. The van der Waals surface area contributed by atoms with Crippen LogP contribution in [0.25, 0.3) is 0 Å². The molecule has 1 aromatic carbocycles. The molecule has 0 heterocycles. The van der Waals surface area contributed by atoms with Gasteiger partial charge in [-0.3, -0.25) is 0 Å². The molecule has 60 valence electrons. The van der Waals surface area contributed by atoms with Gasteiger partial charge in [0.2, 0.25) is 0 Å². The van der Waals surface area contributed by atoms with Crippen LogP contribution in [0.3, 0.4) is 0 Å². The third-order valence-electron chi connectivity index (χ3n) is 1.34. The van der Waals surface area contributed by atoms with E-state index in [2.05, 4.69) is 0 Å². The fourth-order valence-electron chi connectivity index (χ4n) is 0.821. The first-order valence-corrected chi connectivity index (χ1v) is 3.12. The van der Waals surface area contributed by atoms with Crippen molar-refractivity contribution in [3.63, 3.8) is 0 Å². The Morgan fingerprint density at radius 3 is 2.50 bits per heavy atom. The van der Waals surface area contributed by atoms with Gasteiger partial charge in [0.15, 0.2) is 0 Å². The Morgan fingerprint density at radius 2 is 2.08 bits per heavy atom. The summed E-state index contributed by atoms with van der Waals surface area (Å²) in [5.74, 6) is -0.581. The van der Waals surface area contributed by atoms with Crippen molar-refractivity contribution in [2.24, 2.45) is 0 Å². The van der Waals surface area contributed by atoms with E-state index in [0.717, 1.165) is 0 Å². The smallest absolute Gasteiger partial charge is 1.00 e. The van der Waals surface area contributed by atoms with Gasteiger partial charge in [-0.1, -0.05) is 12.1 Å². The normalized spacial score (nSPS) is 8.42. The predicted octanol–water partition coefficient (Wildman–Crippen LogP) is -1.49. The second-order valence-corrected chi connectivity index (χ2v) is 2.01. The minimum Gasteiger partial charge on any atom is -1.00 e. The molecule has 3 nitrogen and oxygen atoms in total. The van der Waals surface area contributed by atoms with Crippen LogP contribution in [0, 0.1) is 0 Å². The van der Waals surface area contributed by atoms with Gasteiger partial charge in [0.25, 0.3) is 0 Å². The SMILES string of the molecule is COc1ccccc1C(=O)O.[H-].[K+]. The summed E-state index contributed by atoms with van der Waals surface area (Å²) in [5, 5.41) is 8.62. The van der Waals surface area contributed by atoms with E-state index in [9.17, 15) is 4.79 Å². The molecule has 0 amide bonds. The van der Waals surface area contributed by atoms with Gasteiger partial charge < -0.3 is 11.3 Å². The van der Waals surface area contributed by atoms with E-state index in [1.807, 2.05) is 0 Å². The van der Waals surface area contributed by atoms with E-state index in [0.29, 0.717) is 5.75 Å². The van der Waals surface area contributed by atoms with Crippen molar-refractivity contribution in [3.05, 3.63) is 29.8 Å². The number of methoxy groups -OCH3 is 1. The predicted molar refractivity (Wildman–Crippen MR) is 41.1 cm³/mol. The van der Waals surface area contributed by atoms with Crippen LogP contribution in [0.2, 0.25) is 0 Å². The Kier molecular flexibility index (Phi) is 5.78. The maximum absolute atomic E-state index is 10.5. The number of carbonyl (C=O) groups is 1. The average molecular weight is 192 g/mol. The van der Waals surface area contributed by atoms with Crippen LogP contribution in [0.5, 0.6) is 5.75 Å². The van der Waals surface area contributed by atoms with Gasteiger partial charge in [-0.2, -0.15) is 0 Å². The summed E-state index contributed by atoms with van der Waals surface area (Å²) in [6, 6.07) is 6.50. The second kappa shape index (κ2) is 5.72. The first-order valence-electron chi connectivity index (χ1n) is 3.12. The molecular weight excluding hydrogens is 183 g/mol. The fourth-order valence-corrected chi connectivity index (χ4v) is 0.821. The molecule has 0 aliphatic rings. The van der Waals surface area contributed by atoms with Crippen molar-refractivity contribution < 1.29 is 67.4 Å². The maximum atomic E-state index is 10.5. The fraction of sp³-hybridized carbons (Fsp3) is 0.125. The van der Waals surface area contributed by atoms with Crippen molar-refractivity contribution in [3.8, 4) is 5.75 Å². The second-order valence-electron chi connectivity index (χ2n) is 2.01. The van der Waals surface area contributed by atoms with Gasteiger partial charge in [0, 0.05) is 0 Å². The third kappa shape index (κ3) is 2.88. The van der Waals surface area contributed by atoms with E-state index < -0.39 is 5.97 Å². The molecule has 1 rings (SSSR count). The van der Waals surface area contributed by atoms with E-state index in [1.165, 1.54) is 13.2 Å². The quantitative estimate of drug-likeness (QED) is 0.581. The van der Waals surface area contributed by atoms with Crippen molar-refractivity contribution >= 4 is 5.97 Å². The number of hydrogen-bond donors (Lipinski definition) is 1. The Bertz CT molecular complexity index is 278. The van der Waals surface area contributed by atoms with Crippen LogP contribution in [-0.4, -0.2) is 18.2 Å². The number of aromatic carboxylic acids is 1. The average Bonchev–Trinajstić information content (AvgIpc) is 2.04. The van der Waals surface area contributed by atoms with Crippen molar-refractivity contribution in [1.29, 1.82) is 0 Å². The molecule has 0 aliphatic heterocycles. The van der Waals surface area contributed by atoms with E-state index in [1.54, 1.807) is 18.2 Å². The summed E-state index contributed by atoms with van der Waals surface area (Å²) in [7, 11) is 1.45. The van der Waals surface area contributed by atoms with Crippen LogP contribution >= 0.6 is 0 Å². The van der Waals surface area contributed by atoms with Gasteiger partial charge >= 0.3 is 57.4 Å². The molecule has 0 unspecified atom stereocenters. The van der Waals surface area contributed by atoms with Crippen molar-refractivity contribution in [1.82, 2.24) is 0 Å². The molecule has 0 radical (unpaired) electrons. The molecule has 0 atom stereocenters. The molecule has 12 heavy (non-hydrogen) atoms. The van der Waals surface area contributed by atoms with Gasteiger partial charge in [-0.05, 0) is 12.1 Å². The summed E-state index contributed by atoms with van der Waals surface area (Å²) in [6.07, 6.45) is 0. The van der Waals surface area contributed by atoms with E-state index in [-0.39, 0.29) is 58.4 Å².